The average Bonchev–Trinajstić information content (AvgIpc) is 2.97. The maximum Gasteiger partial charge on any atom is 0.118 e. The van der Waals surface area contributed by atoms with Gasteiger partial charge in [0.2, 0.25) is 0 Å². The lowest BCUT2D eigenvalue weighted by Crippen LogP contribution is -1.95. The van der Waals surface area contributed by atoms with Gasteiger partial charge in [0.1, 0.15) is 5.75 Å². The Hall–Kier alpha value is -2.52. The molecule has 0 saturated carbocycles. The molecule has 1 aromatic heterocycles. The minimum atomic E-state index is 0.874. The number of halogens is 1. The first-order chi connectivity index (χ1) is 12.2. The van der Waals surface area contributed by atoms with Crippen LogP contribution in [-0.2, 0) is 0 Å². The van der Waals surface area contributed by atoms with Gasteiger partial charge in [-0.3, -0.25) is 0 Å². The number of methoxy groups -OCH3 is 1. The molecule has 3 heteroatoms. The molecule has 0 bridgehead atoms. The number of hydrogen-bond acceptors (Lipinski definition) is 1. The molecule has 124 valence electrons. The molecule has 0 N–H and O–H groups in total. The van der Waals surface area contributed by atoms with Crippen molar-refractivity contribution in [3.63, 3.8) is 0 Å². The number of rotatable bonds is 3. The third-order valence-electron chi connectivity index (χ3n) is 4.50. The van der Waals surface area contributed by atoms with Gasteiger partial charge in [0, 0.05) is 21.2 Å². The Morgan fingerprint density at radius 2 is 1.48 bits per heavy atom. The van der Waals surface area contributed by atoms with Gasteiger partial charge in [0.05, 0.1) is 12.6 Å². The Bertz CT molecular complexity index is 1030. The van der Waals surface area contributed by atoms with E-state index in [1.165, 1.54) is 33.4 Å². The molecule has 25 heavy (non-hydrogen) atoms. The fourth-order valence-electron chi connectivity index (χ4n) is 3.23. The van der Waals surface area contributed by atoms with E-state index in [9.17, 15) is 0 Å². The van der Waals surface area contributed by atoms with Gasteiger partial charge in [-0.15, -0.1) is 0 Å². The molecular formula is C22H18BrNO. The summed E-state index contributed by atoms with van der Waals surface area (Å²) in [6, 6.07) is 25.5. The van der Waals surface area contributed by atoms with Crippen LogP contribution in [0.3, 0.4) is 0 Å². The van der Waals surface area contributed by atoms with E-state index < -0.39 is 0 Å². The first-order valence-electron chi connectivity index (χ1n) is 8.18. The Kier molecular flexibility index (Phi) is 4.10. The summed E-state index contributed by atoms with van der Waals surface area (Å²) in [5.41, 5.74) is 6.00. The van der Waals surface area contributed by atoms with Crippen molar-refractivity contribution >= 4 is 26.8 Å². The maximum absolute atomic E-state index is 5.26. The molecule has 0 aliphatic heterocycles. The number of benzene rings is 3. The SMILES string of the molecule is COc1ccc(-c2ccc3cc(C)n(-c4ccc(Br)cc4)c3c2)cc1. The summed E-state index contributed by atoms with van der Waals surface area (Å²) in [7, 11) is 1.69. The average molecular weight is 392 g/mol. The van der Waals surface area contributed by atoms with Crippen LogP contribution in [0.1, 0.15) is 5.69 Å². The number of fused-ring (bicyclic) bond motifs is 1. The number of aryl methyl sites for hydroxylation is 1. The Morgan fingerprint density at radius 3 is 2.16 bits per heavy atom. The van der Waals surface area contributed by atoms with Gasteiger partial charge in [-0.2, -0.15) is 0 Å². The summed E-state index contributed by atoms with van der Waals surface area (Å²) >= 11 is 3.51. The zero-order valence-corrected chi connectivity index (χ0v) is 15.7. The first-order valence-corrected chi connectivity index (χ1v) is 8.97. The topological polar surface area (TPSA) is 14.2 Å². The van der Waals surface area contributed by atoms with Gasteiger partial charge in [-0.05, 0) is 66.6 Å². The van der Waals surface area contributed by atoms with E-state index in [2.05, 4.69) is 88.1 Å². The van der Waals surface area contributed by atoms with Crippen LogP contribution in [0.4, 0.5) is 0 Å². The van der Waals surface area contributed by atoms with Crippen LogP contribution in [0.15, 0.2) is 77.3 Å². The second-order valence-corrected chi connectivity index (χ2v) is 7.02. The Morgan fingerprint density at radius 1 is 0.800 bits per heavy atom. The van der Waals surface area contributed by atoms with E-state index >= 15 is 0 Å². The van der Waals surface area contributed by atoms with E-state index in [1.54, 1.807) is 7.11 Å². The molecule has 0 unspecified atom stereocenters. The van der Waals surface area contributed by atoms with E-state index in [1.807, 2.05) is 12.1 Å². The molecule has 2 nitrogen and oxygen atoms in total. The highest BCUT2D eigenvalue weighted by atomic mass is 79.9. The molecule has 0 radical (unpaired) electrons. The molecular weight excluding hydrogens is 374 g/mol. The third-order valence-corrected chi connectivity index (χ3v) is 5.03. The Labute approximate surface area is 155 Å². The number of nitrogens with zero attached hydrogens (tertiary/aromatic N) is 1. The summed E-state index contributed by atoms with van der Waals surface area (Å²) < 4.78 is 8.64. The van der Waals surface area contributed by atoms with E-state index in [0.717, 1.165) is 10.2 Å². The van der Waals surface area contributed by atoms with Gasteiger partial charge in [0.25, 0.3) is 0 Å². The van der Waals surface area contributed by atoms with Crippen LogP contribution < -0.4 is 4.74 Å². The predicted molar refractivity (Wildman–Crippen MR) is 108 cm³/mol. The zero-order chi connectivity index (χ0) is 17.4. The fourth-order valence-corrected chi connectivity index (χ4v) is 3.50. The molecule has 0 spiro atoms. The lowest BCUT2D eigenvalue weighted by Gasteiger charge is -2.10. The molecule has 0 fully saturated rings. The van der Waals surface area contributed by atoms with Crippen LogP contribution in [0.2, 0.25) is 0 Å². The Balaban J connectivity index is 1.86. The van der Waals surface area contributed by atoms with Crippen molar-refractivity contribution in [2.24, 2.45) is 0 Å². The van der Waals surface area contributed by atoms with Crippen LogP contribution >= 0.6 is 15.9 Å². The smallest absolute Gasteiger partial charge is 0.118 e. The molecule has 0 aliphatic carbocycles. The first kappa shape index (κ1) is 16.0. The number of aromatic nitrogens is 1. The summed E-state index contributed by atoms with van der Waals surface area (Å²) in [6.45, 7) is 2.15. The molecule has 4 rings (SSSR count). The normalized spacial score (nSPS) is 11.0. The molecule has 4 aromatic rings. The van der Waals surface area contributed by atoms with Crippen molar-refractivity contribution < 1.29 is 4.74 Å². The van der Waals surface area contributed by atoms with Crippen molar-refractivity contribution in [3.8, 4) is 22.6 Å². The summed E-state index contributed by atoms with van der Waals surface area (Å²) in [6.07, 6.45) is 0. The summed E-state index contributed by atoms with van der Waals surface area (Å²) in [5, 5.41) is 1.25. The highest BCUT2D eigenvalue weighted by Crippen LogP contribution is 2.30. The van der Waals surface area contributed by atoms with Crippen molar-refractivity contribution in [3.05, 3.63) is 83.0 Å². The van der Waals surface area contributed by atoms with Gasteiger partial charge >= 0.3 is 0 Å². The van der Waals surface area contributed by atoms with Crippen molar-refractivity contribution in [2.75, 3.05) is 7.11 Å². The second-order valence-electron chi connectivity index (χ2n) is 6.10. The van der Waals surface area contributed by atoms with Crippen molar-refractivity contribution in [2.45, 2.75) is 6.92 Å². The van der Waals surface area contributed by atoms with E-state index in [-0.39, 0.29) is 0 Å². The maximum atomic E-state index is 5.26. The minimum Gasteiger partial charge on any atom is -0.497 e. The lowest BCUT2D eigenvalue weighted by molar-refractivity contribution is 0.415. The zero-order valence-electron chi connectivity index (χ0n) is 14.2. The van der Waals surface area contributed by atoms with Gasteiger partial charge in [-0.1, -0.05) is 40.2 Å². The van der Waals surface area contributed by atoms with Crippen molar-refractivity contribution in [1.29, 1.82) is 0 Å². The fraction of sp³-hybridized carbons (Fsp3) is 0.0909. The van der Waals surface area contributed by atoms with Crippen LogP contribution in [0.5, 0.6) is 5.75 Å². The number of ether oxygens (including phenoxy) is 1. The van der Waals surface area contributed by atoms with Crippen LogP contribution in [-0.4, -0.2) is 11.7 Å². The molecule has 1 heterocycles. The standard InChI is InChI=1S/C22H18BrNO/c1-15-13-18-4-3-17(16-5-11-21(25-2)12-6-16)14-22(18)24(15)20-9-7-19(23)8-10-20/h3-14H,1-2H3. The molecule has 3 aromatic carbocycles. The molecule has 0 amide bonds. The number of hydrogen-bond donors (Lipinski definition) is 0. The molecule has 0 saturated heterocycles. The van der Waals surface area contributed by atoms with Crippen LogP contribution in [0, 0.1) is 6.92 Å². The van der Waals surface area contributed by atoms with Crippen molar-refractivity contribution in [1.82, 2.24) is 4.57 Å². The van der Waals surface area contributed by atoms with Gasteiger partial charge < -0.3 is 9.30 Å². The lowest BCUT2D eigenvalue weighted by atomic mass is 10.0. The van der Waals surface area contributed by atoms with E-state index in [4.69, 9.17) is 4.74 Å². The largest absolute Gasteiger partial charge is 0.497 e. The highest BCUT2D eigenvalue weighted by molar-refractivity contribution is 9.10. The van der Waals surface area contributed by atoms with Gasteiger partial charge in [0.15, 0.2) is 0 Å². The second kappa shape index (κ2) is 6.41. The summed E-state index contributed by atoms with van der Waals surface area (Å²) in [4.78, 5) is 0. The van der Waals surface area contributed by atoms with Crippen LogP contribution in [0.25, 0.3) is 27.7 Å². The highest BCUT2D eigenvalue weighted by Gasteiger charge is 2.09. The molecule has 0 atom stereocenters. The quantitative estimate of drug-likeness (QED) is 0.395. The van der Waals surface area contributed by atoms with Gasteiger partial charge in [-0.25, -0.2) is 0 Å². The monoisotopic (exact) mass is 391 g/mol. The molecule has 0 aliphatic rings. The minimum absolute atomic E-state index is 0.874. The van der Waals surface area contributed by atoms with E-state index in [0.29, 0.717) is 0 Å². The summed E-state index contributed by atoms with van der Waals surface area (Å²) in [5.74, 6) is 0.874. The third kappa shape index (κ3) is 2.96. The predicted octanol–water partition coefficient (Wildman–Crippen LogP) is 6.38.